The first kappa shape index (κ1) is 8.45. The molecule has 0 saturated carbocycles. The second kappa shape index (κ2) is 2.77. The minimum atomic E-state index is -1.95. The number of aliphatic carboxylic acids is 1. The number of piperidine rings is 1. The van der Waals surface area contributed by atoms with E-state index in [1.54, 1.807) is 0 Å². The SMILES string of the molecule is O=C(O)[C@]1(O)CCNC[C@H]1O. The van der Waals surface area contributed by atoms with Crippen LogP contribution in [0.15, 0.2) is 0 Å². The van der Waals surface area contributed by atoms with Crippen molar-refractivity contribution in [1.82, 2.24) is 5.32 Å². The van der Waals surface area contributed by atoms with E-state index in [1.165, 1.54) is 0 Å². The zero-order chi connectivity index (χ0) is 8.48. The molecule has 5 nitrogen and oxygen atoms in total. The van der Waals surface area contributed by atoms with Gasteiger partial charge in [-0.2, -0.15) is 0 Å². The van der Waals surface area contributed by atoms with E-state index in [1.807, 2.05) is 0 Å². The van der Waals surface area contributed by atoms with Crippen molar-refractivity contribution >= 4 is 5.97 Å². The third kappa shape index (κ3) is 1.35. The molecule has 1 heterocycles. The molecular formula is C6H11NO4. The summed E-state index contributed by atoms with van der Waals surface area (Å²) < 4.78 is 0. The van der Waals surface area contributed by atoms with Crippen LogP contribution < -0.4 is 5.32 Å². The molecule has 0 aromatic heterocycles. The maximum Gasteiger partial charge on any atom is 0.338 e. The lowest BCUT2D eigenvalue weighted by molar-refractivity contribution is -0.175. The Morgan fingerprint density at radius 3 is 2.64 bits per heavy atom. The Balaban J connectivity index is 2.72. The molecule has 1 fully saturated rings. The first-order valence-electron chi connectivity index (χ1n) is 3.42. The number of carboxylic acid groups (broad SMARTS) is 1. The summed E-state index contributed by atoms with van der Waals surface area (Å²) in [6.07, 6.45) is -1.17. The Kier molecular flexibility index (Phi) is 2.12. The molecule has 1 rings (SSSR count). The number of aliphatic hydroxyl groups is 2. The number of β-amino-alcohol motifs (C(OH)–C–C–N with tert-alkyl or cyclic N) is 1. The van der Waals surface area contributed by atoms with E-state index < -0.39 is 17.7 Å². The highest BCUT2D eigenvalue weighted by molar-refractivity contribution is 5.78. The molecule has 0 spiro atoms. The van der Waals surface area contributed by atoms with Gasteiger partial charge in [-0.3, -0.25) is 0 Å². The van der Waals surface area contributed by atoms with Crippen molar-refractivity contribution in [2.75, 3.05) is 13.1 Å². The number of carboxylic acids is 1. The molecule has 0 bridgehead atoms. The third-order valence-corrected chi connectivity index (χ3v) is 1.94. The van der Waals surface area contributed by atoms with Gasteiger partial charge >= 0.3 is 5.97 Å². The number of hydrogen-bond acceptors (Lipinski definition) is 4. The number of aliphatic hydroxyl groups excluding tert-OH is 1. The van der Waals surface area contributed by atoms with Crippen LogP contribution in [0.25, 0.3) is 0 Å². The Morgan fingerprint density at radius 2 is 2.27 bits per heavy atom. The van der Waals surface area contributed by atoms with Crippen LogP contribution in [0, 0.1) is 0 Å². The number of nitrogens with one attached hydrogen (secondary N) is 1. The molecule has 0 aliphatic carbocycles. The van der Waals surface area contributed by atoms with E-state index in [-0.39, 0.29) is 13.0 Å². The van der Waals surface area contributed by atoms with Crippen LogP contribution in [0.3, 0.4) is 0 Å². The highest BCUT2D eigenvalue weighted by atomic mass is 16.4. The molecule has 11 heavy (non-hydrogen) atoms. The molecule has 1 saturated heterocycles. The largest absolute Gasteiger partial charge is 0.479 e. The minimum absolute atomic E-state index is 0.0451. The Hall–Kier alpha value is -0.650. The van der Waals surface area contributed by atoms with Crippen molar-refractivity contribution in [3.8, 4) is 0 Å². The van der Waals surface area contributed by atoms with Gasteiger partial charge < -0.3 is 20.6 Å². The summed E-state index contributed by atoms with van der Waals surface area (Å²) in [5.74, 6) is -1.36. The van der Waals surface area contributed by atoms with E-state index in [0.717, 1.165) is 0 Å². The van der Waals surface area contributed by atoms with Crippen LogP contribution in [0.1, 0.15) is 6.42 Å². The van der Waals surface area contributed by atoms with Crippen molar-refractivity contribution in [3.05, 3.63) is 0 Å². The van der Waals surface area contributed by atoms with Gasteiger partial charge in [0.05, 0.1) is 0 Å². The van der Waals surface area contributed by atoms with Gasteiger partial charge in [0.25, 0.3) is 0 Å². The molecule has 64 valence electrons. The van der Waals surface area contributed by atoms with Gasteiger partial charge in [-0.25, -0.2) is 4.79 Å². The predicted molar refractivity (Wildman–Crippen MR) is 36.1 cm³/mol. The predicted octanol–water partition coefficient (Wildman–Crippen LogP) is -1.84. The van der Waals surface area contributed by atoms with Gasteiger partial charge in [0, 0.05) is 13.0 Å². The molecule has 2 atom stereocenters. The molecule has 4 N–H and O–H groups in total. The van der Waals surface area contributed by atoms with Crippen LogP contribution in [0.5, 0.6) is 0 Å². The normalized spacial score (nSPS) is 38.5. The van der Waals surface area contributed by atoms with Gasteiger partial charge in [-0.1, -0.05) is 0 Å². The maximum absolute atomic E-state index is 10.4. The summed E-state index contributed by atoms with van der Waals surface area (Å²) >= 11 is 0. The highest BCUT2D eigenvalue weighted by Gasteiger charge is 2.44. The Bertz CT molecular complexity index is 172. The molecule has 0 aromatic rings. The highest BCUT2D eigenvalue weighted by Crippen LogP contribution is 2.18. The van der Waals surface area contributed by atoms with E-state index in [4.69, 9.17) is 10.2 Å². The fourth-order valence-corrected chi connectivity index (χ4v) is 1.10. The standard InChI is InChI=1S/C6H11NO4/c8-4-3-7-2-1-6(4,11)5(9)10/h4,7-8,11H,1-3H2,(H,9,10)/t4-,6+/m1/s1. The van der Waals surface area contributed by atoms with Crippen LogP contribution in [0.4, 0.5) is 0 Å². The van der Waals surface area contributed by atoms with Gasteiger partial charge in [0.2, 0.25) is 0 Å². The lowest BCUT2D eigenvalue weighted by atomic mass is 9.90. The monoisotopic (exact) mass is 161 g/mol. The average molecular weight is 161 g/mol. The fraction of sp³-hybridized carbons (Fsp3) is 0.833. The minimum Gasteiger partial charge on any atom is -0.479 e. The summed E-state index contributed by atoms with van der Waals surface area (Å²) in [7, 11) is 0. The summed E-state index contributed by atoms with van der Waals surface area (Å²) in [6.45, 7) is 0.544. The fourth-order valence-electron chi connectivity index (χ4n) is 1.10. The Labute approximate surface area is 63.7 Å². The average Bonchev–Trinajstić information content (AvgIpc) is 1.95. The van der Waals surface area contributed by atoms with Crippen LogP contribution in [0.2, 0.25) is 0 Å². The molecule has 0 radical (unpaired) electrons. The van der Waals surface area contributed by atoms with Gasteiger partial charge in [0.15, 0.2) is 5.60 Å². The summed E-state index contributed by atoms with van der Waals surface area (Å²) in [4.78, 5) is 10.4. The number of carbonyl (C=O) groups is 1. The van der Waals surface area contributed by atoms with Crippen molar-refractivity contribution in [1.29, 1.82) is 0 Å². The molecule has 0 aromatic carbocycles. The summed E-state index contributed by atoms with van der Waals surface area (Å²) in [5, 5.41) is 29.7. The second-order valence-electron chi connectivity index (χ2n) is 2.70. The lowest BCUT2D eigenvalue weighted by Gasteiger charge is -2.33. The second-order valence-corrected chi connectivity index (χ2v) is 2.70. The van der Waals surface area contributed by atoms with E-state index in [9.17, 15) is 9.90 Å². The van der Waals surface area contributed by atoms with Crippen molar-refractivity contribution in [2.24, 2.45) is 0 Å². The maximum atomic E-state index is 10.4. The van der Waals surface area contributed by atoms with Gasteiger partial charge in [-0.15, -0.1) is 0 Å². The third-order valence-electron chi connectivity index (χ3n) is 1.94. The molecule has 1 aliphatic rings. The van der Waals surface area contributed by atoms with E-state index in [2.05, 4.69) is 5.32 Å². The number of hydrogen-bond donors (Lipinski definition) is 4. The summed E-state index contributed by atoms with van der Waals surface area (Å²) in [6, 6.07) is 0. The molecule has 5 heteroatoms. The quantitative estimate of drug-likeness (QED) is 0.363. The van der Waals surface area contributed by atoms with Crippen molar-refractivity contribution in [3.63, 3.8) is 0 Å². The summed E-state index contributed by atoms with van der Waals surface area (Å²) in [5.41, 5.74) is -1.95. The zero-order valence-corrected chi connectivity index (χ0v) is 5.95. The van der Waals surface area contributed by atoms with Crippen molar-refractivity contribution in [2.45, 2.75) is 18.1 Å². The molecular weight excluding hydrogens is 150 g/mol. The van der Waals surface area contributed by atoms with Crippen LogP contribution in [-0.2, 0) is 4.79 Å². The van der Waals surface area contributed by atoms with E-state index >= 15 is 0 Å². The first-order valence-corrected chi connectivity index (χ1v) is 3.42. The van der Waals surface area contributed by atoms with E-state index in [0.29, 0.717) is 6.54 Å². The van der Waals surface area contributed by atoms with Gasteiger partial charge in [-0.05, 0) is 6.54 Å². The lowest BCUT2D eigenvalue weighted by Crippen LogP contribution is -2.58. The smallest absolute Gasteiger partial charge is 0.338 e. The van der Waals surface area contributed by atoms with Crippen LogP contribution in [-0.4, -0.2) is 46.1 Å². The van der Waals surface area contributed by atoms with Gasteiger partial charge in [0.1, 0.15) is 6.10 Å². The molecule has 0 amide bonds. The molecule has 1 aliphatic heterocycles. The Morgan fingerprint density at radius 1 is 1.64 bits per heavy atom. The molecule has 0 unspecified atom stereocenters. The first-order chi connectivity index (χ1) is 5.07. The zero-order valence-electron chi connectivity index (χ0n) is 5.95. The van der Waals surface area contributed by atoms with Crippen molar-refractivity contribution < 1.29 is 20.1 Å². The topological polar surface area (TPSA) is 89.8 Å². The number of rotatable bonds is 1. The van der Waals surface area contributed by atoms with Crippen LogP contribution >= 0.6 is 0 Å².